The largest absolute Gasteiger partial charge is 0.387 e. The zero-order chi connectivity index (χ0) is 13.2. The Bertz CT molecular complexity index is 649. The summed E-state index contributed by atoms with van der Waals surface area (Å²) in [5.41, 5.74) is 0.543. The van der Waals surface area contributed by atoms with Gasteiger partial charge in [-0.15, -0.1) is 0 Å². The number of hydrogen-bond acceptors (Lipinski definition) is 4. The highest BCUT2D eigenvalue weighted by molar-refractivity contribution is 7.92. The van der Waals surface area contributed by atoms with Gasteiger partial charge in [0.15, 0.2) is 5.82 Å². The van der Waals surface area contributed by atoms with Crippen molar-refractivity contribution in [2.45, 2.75) is 4.90 Å². The molecule has 18 heavy (non-hydrogen) atoms. The molecular weight excluding hydrogens is 252 g/mol. The van der Waals surface area contributed by atoms with E-state index in [0.29, 0.717) is 11.5 Å². The van der Waals surface area contributed by atoms with E-state index in [0.717, 1.165) is 0 Å². The van der Waals surface area contributed by atoms with E-state index in [9.17, 15) is 8.42 Å². The highest BCUT2D eigenvalue weighted by Gasteiger charge is 2.18. The van der Waals surface area contributed by atoms with Crippen molar-refractivity contribution in [3.63, 3.8) is 0 Å². The predicted molar refractivity (Wildman–Crippen MR) is 70.0 cm³/mol. The first-order chi connectivity index (χ1) is 8.53. The van der Waals surface area contributed by atoms with Gasteiger partial charge in [0.25, 0.3) is 10.0 Å². The summed E-state index contributed by atoms with van der Waals surface area (Å²) in [6.07, 6.45) is 1.67. The number of aromatic nitrogens is 2. The highest BCUT2D eigenvalue weighted by atomic mass is 32.2. The van der Waals surface area contributed by atoms with Crippen molar-refractivity contribution in [2.24, 2.45) is 7.05 Å². The lowest BCUT2D eigenvalue weighted by molar-refractivity contribution is 0.601. The lowest BCUT2D eigenvalue weighted by Gasteiger charge is -2.10. The van der Waals surface area contributed by atoms with Gasteiger partial charge < -0.3 is 5.32 Å². The Morgan fingerprint density at radius 3 is 2.56 bits per heavy atom. The molecule has 1 aromatic carbocycles. The quantitative estimate of drug-likeness (QED) is 0.873. The first-order valence-electron chi connectivity index (χ1n) is 5.32. The van der Waals surface area contributed by atoms with E-state index in [1.807, 2.05) is 0 Å². The maximum Gasteiger partial charge on any atom is 0.265 e. The molecule has 0 spiro atoms. The number of para-hydroxylation sites is 1. The molecule has 1 heterocycles. The summed E-state index contributed by atoms with van der Waals surface area (Å²) in [6, 6.07) is 8.28. The van der Waals surface area contributed by atoms with Crippen molar-refractivity contribution in [1.82, 2.24) is 9.78 Å². The van der Waals surface area contributed by atoms with Crippen molar-refractivity contribution < 1.29 is 8.42 Å². The molecule has 6 nitrogen and oxygen atoms in total. The van der Waals surface area contributed by atoms with E-state index >= 15 is 0 Å². The second-order valence-electron chi connectivity index (χ2n) is 3.73. The predicted octanol–water partition coefficient (Wildman–Crippen LogP) is 1.26. The third kappa shape index (κ3) is 2.45. The van der Waals surface area contributed by atoms with Crippen molar-refractivity contribution in [3.8, 4) is 0 Å². The normalized spacial score (nSPS) is 11.2. The molecule has 2 N–H and O–H groups in total. The molecule has 0 saturated heterocycles. The molecule has 0 aliphatic rings. The zero-order valence-corrected chi connectivity index (χ0v) is 10.9. The first-order valence-corrected chi connectivity index (χ1v) is 6.80. The lowest BCUT2D eigenvalue weighted by atomic mass is 10.3. The lowest BCUT2D eigenvalue weighted by Crippen LogP contribution is -2.15. The van der Waals surface area contributed by atoms with Gasteiger partial charge in [-0.1, -0.05) is 12.1 Å². The topological polar surface area (TPSA) is 76.0 Å². The van der Waals surface area contributed by atoms with Crippen LogP contribution in [0.25, 0.3) is 0 Å². The van der Waals surface area contributed by atoms with Crippen LogP contribution in [0.4, 0.5) is 11.5 Å². The Kier molecular flexibility index (Phi) is 3.24. The molecule has 0 aliphatic carbocycles. The summed E-state index contributed by atoms with van der Waals surface area (Å²) in [7, 11) is -0.234. The zero-order valence-electron chi connectivity index (χ0n) is 10.1. The van der Waals surface area contributed by atoms with Crippen molar-refractivity contribution in [2.75, 3.05) is 17.1 Å². The minimum Gasteiger partial charge on any atom is -0.387 e. The van der Waals surface area contributed by atoms with Crippen molar-refractivity contribution in [3.05, 3.63) is 36.5 Å². The number of rotatable bonds is 4. The smallest absolute Gasteiger partial charge is 0.265 e. The van der Waals surface area contributed by atoms with Crippen LogP contribution >= 0.6 is 0 Å². The average molecular weight is 266 g/mol. The van der Waals surface area contributed by atoms with Gasteiger partial charge in [0.05, 0.1) is 5.69 Å². The monoisotopic (exact) mass is 266 g/mol. The van der Waals surface area contributed by atoms with Crippen molar-refractivity contribution >= 4 is 21.5 Å². The summed E-state index contributed by atoms with van der Waals surface area (Å²) in [5.74, 6) is 0.295. The van der Waals surface area contributed by atoms with Gasteiger partial charge in [-0.2, -0.15) is 5.10 Å². The van der Waals surface area contributed by atoms with Gasteiger partial charge in [-0.25, -0.2) is 8.42 Å². The summed E-state index contributed by atoms with van der Waals surface area (Å²) >= 11 is 0. The van der Waals surface area contributed by atoms with E-state index < -0.39 is 10.0 Å². The van der Waals surface area contributed by atoms with Gasteiger partial charge >= 0.3 is 0 Å². The number of nitrogens with zero attached hydrogens (tertiary/aromatic N) is 2. The SMILES string of the molecule is CNc1ccccc1S(=O)(=O)Nc1ccn(C)n1. The minimum atomic E-state index is -3.63. The second-order valence-corrected chi connectivity index (χ2v) is 5.38. The van der Waals surface area contributed by atoms with Gasteiger partial charge in [0.2, 0.25) is 0 Å². The van der Waals surface area contributed by atoms with E-state index in [4.69, 9.17) is 0 Å². The van der Waals surface area contributed by atoms with E-state index in [-0.39, 0.29) is 4.90 Å². The molecule has 96 valence electrons. The summed E-state index contributed by atoms with van der Waals surface area (Å²) in [5, 5.41) is 6.83. The fourth-order valence-corrected chi connectivity index (χ4v) is 2.78. The number of sulfonamides is 1. The van der Waals surface area contributed by atoms with Crippen molar-refractivity contribution in [1.29, 1.82) is 0 Å². The average Bonchev–Trinajstić information content (AvgIpc) is 2.74. The van der Waals surface area contributed by atoms with Gasteiger partial charge in [-0.3, -0.25) is 9.40 Å². The van der Waals surface area contributed by atoms with Crippen LogP contribution in [-0.4, -0.2) is 25.2 Å². The Balaban J connectivity index is 2.36. The maximum atomic E-state index is 12.2. The van der Waals surface area contributed by atoms with Crippen LogP contribution in [0.5, 0.6) is 0 Å². The molecule has 7 heteroatoms. The van der Waals surface area contributed by atoms with Crippen LogP contribution in [0.15, 0.2) is 41.4 Å². The molecule has 0 fully saturated rings. The minimum absolute atomic E-state index is 0.193. The standard InChI is InChI=1S/C11H14N4O2S/c1-12-9-5-3-4-6-10(9)18(16,17)14-11-7-8-15(2)13-11/h3-8,12H,1-2H3,(H,13,14). The molecule has 0 atom stereocenters. The Morgan fingerprint density at radius 1 is 1.22 bits per heavy atom. The maximum absolute atomic E-state index is 12.2. The summed E-state index contributed by atoms with van der Waals surface area (Å²) in [6.45, 7) is 0. The molecule has 2 aromatic rings. The molecule has 0 radical (unpaired) electrons. The highest BCUT2D eigenvalue weighted by Crippen LogP contribution is 2.22. The van der Waals surface area contributed by atoms with Crippen LogP contribution in [0, 0.1) is 0 Å². The van der Waals surface area contributed by atoms with E-state index in [1.54, 1.807) is 44.6 Å². The summed E-state index contributed by atoms with van der Waals surface area (Å²) in [4.78, 5) is 0.193. The van der Waals surface area contributed by atoms with Crippen LogP contribution < -0.4 is 10.0 Å². The molecular formula is C11H14N4O2S. The molecule has 0 saturated carbocycles. The first kappa shape index (κ1) is 12.4. The fraction of sp³-hybridized carbons (Fsp3) is 0.182. The molecule has 1 aromatic heterocycles. The third-order valence-electron chi connectivity index (χ3n) is 2.40. The van der Waals surface area contributed by atoms with Crippen LogP contribution in [0.3, 0.4) is 0 Å². The number of hydrogen-bond donors (Lipinski definition) is 2. The van der Waals surface area contributed by atoms with Gasteiger partial charge in [-0.05, 0) is 12.1 Å². The van der Waals surface area contributed by atoms with Crippen LogP contribution in [0.2, 0.25) is 0 Å². The van der Waals surface area contributed by atoms with Crippen LogP contribution in [-0.2, 0) is 17.1 Å². The summed E-state index contributed by atoms with van der Waals surface area (Å²) < 4.78 is 28.3. The molecule has 0 aliphatic heterocycles. The van der Waals surface area contributed by atoms with Gasteiger partial charge in [0, 0.05) is 26.4 Å². The second kappa shape index (κ2) is 4.69. The number of benzene rings is 1. The van der Waals surface area contributed by atoms with Gasteiger partial charge in [0.1, 0.15) is 4.90 Å². The van der Waals surface area contributed by atoms with E-state index in [2.05, 4.69) is 15.1 Å². The molecule has 0 unspecified atom stereocenters. The number of aryl methyl sites for hydroxylation is 1. The number of nitrogens with one attached hydrogen (secondary N) is 2. The number of anilines is 2. The molecule has 0 bridgehead atoms. The van der Waals surface area contributed by atoms with E-state index in [1.165, 1.54) is 10.7 Å². The third-order valence-corrected chi connectivity index (χ3v) is 3.81. The Hall–Kier alpha value is -2.02. The Morgan fingerprint density at radius 2 is 1.94 bits per heavy atom. The fourth-order valence-electron chi connectivity index (χ4n) is 1.57. The molecule has 0 amide bonds. The van der Waals surface area contributed by atoms with Crippen LogP contribution in [0.1, 0.15) is 0 Å². The Labute approximate surface area is 106 Å². The molecule has 2 rings (SSSR count).